The highest BCUT2D eigenvalue weighted by molar-refractivity contribution is 6.49. The van der Waals surface area contributed by atoms with E-state index in [0.29, 0.717) is 17.6 Å². The minimum atomic E-state index is -1.66. The number of carbonyl (C=O) groups is 3. The molecule has 1 aliphatic rings. The number of fused-ring (bicyclic) bond motifs is 4. The molecule has 4 aromatic rings. The first kappa shape index (κ1) is 22.7. The number of benzene rings is 3. The molecule has 2 heterocycles. The monoisotopic (exact) mass is 470 g/mol. The third-order valence-corrected chi connectivity index (χ3v) is 6.21. The number of ketones is 2. The molecule has 0 amide bonds. The molecule has 3 aromatic carbocycles. The Bertz CT molecular complexity index is 1540. The number of nitrogens with two attached hydrogens (primary N) is 1. The number of nitrogens with zero attached hydrogens (tertiary/aromatic N) is 1. The predicted octanol–water partition coefficient (Wildman–Crippen LogP) is 4.59. The van der Waals surface area contributed by atoms with E-state index in [1.807, 2.05) is 23.6 Å². The highest BCUT2D eigenvalue weighted by atomic mass is 16.6. The second-order valence-electron chi connectivity index (χ2n) is 9.83. The molecule has 7 nitrogen and oxygen atoms in total. The average molecular weight is 471 g/mol. The SMILES string of the molecule is Cc1c(N)c2c3c(ccc2n1Cc1ccc2ccccc2c1)C(=O)C(=O)C(C(=O)OC(C)(C)C)O3. The van der Waals surface area contributed by atoms with Crippen molar-refractivity contribution in [3.8, 4) is 5.75 Å². The van der Waals surface area contributed by atoms with Gasteiger partial charge in [-0.1, -0.05) is 36.4 Å². The third kappa shape index (κ3) is 3.83. The van der Waals surface area contributed by atoms with Gasteiger partial charge in [0.1, 0.15) is 11.4 Å². The van der Waals surface area contributed by atoms with E-state index < -0.39 is 29.2 Å². The van der Waals surface area contributed by atoms with Crippen molar-refractivity contribution in [3.63, 3.8) is 0 Å². The largest absolute Gasteiger partial charge is 0.469 e. The van der Waals surface area contributed by atoms with Crippen molar-refractivity contribution in [1.82, 2.24) is 4.57 Å². The van der Waals surface area contributed by atoms with E-state index in [1.54, 1.807) is 32.9 Å². The average Bonchev–Trinajstić information content (AvgIpc) is 3.05. The predicted molar refractivity (Wildman–Crippen MR) is 134 cm³/mol. The van der Waals surface area contributed by atoms with Crippen LogP contribution in [0.4, 0.5) is 5.69 Å². The maximum Gasteiger partial charge on any atom is 0.356 e. The zero-order chi connectivity index (χ0) is 25.1. The Kier molecular flexibility index (Phi) is 5.16. The molecule has 1 aromatic heterocycles. The molecule has 5 rings (SSSR count). The quantitative estimate of drug-likeness (QED) is 0.267. The van der Waals surface area contributed by atoms with Gasteiger partial charge in [0.2, 0.25) is 5.78 Å². The Balaban J connectivity index is 1.59. The lowest BCUT2D eigenvalue weighted by molar-refractivity contribution is -0.165. The van der Waals surface area contributed by atoms with E-state index in [0.717, 1.165) is 27.5 Å². The number of esters is 1. The molecule has 2 N–H and O–H groups in total. The molecule has 1 atom stereocenters. The van der Waals surface area contributed by atoms with Crippen LogP contribution in [0.1, 0.15) is 42.4 Å². The van der Waals surface area contributed by atoms with E-state index in [4.69, 9.17) is 15.2 Å². The summed E-state index contributed by atoms with van der Waals surface area (Å²) in [5, 5.41) is 2.80. The van der Waals surface area contributed by atoms with Gasteiger partial charge in [0.25, 0.3) is 11.9 Å². The van der Waals surface area contributed by atoms with Crippen LogP contribution in [0.2, 0.25) is 0 Å². The molecule has 35 heavy (non-hydrogen) atoms. The molecule has 0 radical (unpaired) electrons. The number of rotatable bonds is 3. The minimum Gasteiger partial charge on any atom is -0.469 e. The van der Waals surface area contributed by atoms with E-state index in [1.165, 1.54) is 0 Å². The van der Waals surface area contributed by atoms with Gasteiger partial charge in [-0.15, -0.1) is 0 Å². The minimum absolute atomic E-state index is 0.0943. The highest BCUT2D eigenvalue weighted by Gasteiger charge is 2.43. The molecule has 0 saturated heterocycles. The molecule has 0 fully saturated rings. The number of Topliss-reactive ketones (excluding diaryl/α,β-unsaturated/α-hetero) is 2. The summed E-state index contributed by atoms with van der Waals surface area (Å²) in [5.74, 6) is -2.49. The molecular formula is C28H26N2O5. The van der Waals surface area contributed by atoms with Crippen LogP contribution in [0.25, 0.3) is 21.7 Å². The summed E-state index contributed by atoms with van der Waals surface area (Å²) >= 11 is 0. The molecule has 0 spiro atoms. The first-order valence-corrected chi connectivity index (χ1v) is 11.4. The van der Waals surface area contributed by atoms with Gasteiger partial charge in [-0.05, 0) is 62.2 Å². The molecular weight excluding hydrogens is 444 g/mol. The van der Waals surface area contributed by atoms with Crippen molar-refractivity contribution in [1.29, 1.82) is 0 Å². The summed E-state index contributed by atoms with van der Waals surface area (Å²) in [4.78, 5) is 38.2. The Labute approximate surface area is 202 Å². The van der Waals surface area contributed by atoms with Gasteiger partial charge in [-0.2, -0.15) is 0 Å². The fourth-order valence-electron chi connectivity index (χ4n) is 4.52. The van der Waals surface area contributed by atoms with Gasteiger partial charge in [-0.25, -0.2) is 4.79 Å². The Hall–Kier alpha value is -4.13. The Morgan fingerprint density at radius 3 is 2.49 bits per heavy atom. The van der Waals surface area contributed by atoms with Crippen LogP contribution in [0.3, 0.4) is 0 Å². The standard InChI is InChI=1S/C28H26N2O5/c1-15-22(29)21-20(30(15)14-16-9-10-17-7-5-6-8-18(17)13-16)12-11-19-23(31)24(32)26(34-25(19)21)27(33)35-28(2,3)4/h5-13,26H,14,29H2,1-4H3. The number of aromatic nitrogens is 1. The van der Waals surface area contributed by atoms with Crippen LogP contribution < -0.4 is 10.5 Å². The normalized spacial score (nSPS) is 15.8. The van der Waals surface area contributed by atoms with Crippen molar-refractivity contribution >= 4 is 44.9 Å². The van der Waals surface area contributed by atoms with Crippen LogP contribution in [0, 0.1) is 6.92 Å². The van der Waals surface area contributed by atoms with Crippen LogP contribution in [-0.2, 0) is 20.9 Å². The first-order valence-electron chi connectivity index (χ1n) is 11.4. The highest BCUT2D eigenvalue weighted by Crippen LogP contribution is 2.41. The second-order valence-corrected chi connectivity index (χ2v) is 9.83. The number of carbonyl (C=O) groups excluding carboxylic acids is 3. The van der Waals surface area contributed by atoms with Crippen molar-refractivity contribution in [2.75, 3.05) is 5.73 Å². The second kappa shape index (κ2) is 7.98. The molecule has 0 bridgehead atoms. The van der Waals surface area contributed by atoms with Gasteiger partial charge >= 0.3 is 5.97 Å². The van der Waals surface area contributed by atoms with Crippen molar-refractivity contribution in [2.24, 2.45) is 0 Å². The van der Waals surface area contributed by atoms with Crippen LogP contribution in [0.5, 0.6) is 5.75 Å². The van der Waals surface area contributed by atoms with Gasteiger partial charge in [0.05, 0.1) is 22.2 Å². The van der Waals surface area contributed by atoms with Crippen molar-refractivity contribution < 1.29 is 23.9 Å². The topological polar surface area (TPSA) is 101 Å². The fourth-order valence-corrected chi connectivity index (χ4v) is 4.52. The molecule has 0 aliphatic carbocycles. The summed E-state index contributed by atoms with van der Waals surface area (Å²) in [5.41, 5.74) is 8.81. The summed E-state index contributed by atoms with van der Waals surface area (Å²) in [6.45, 7) is 7.48. The summed E-state index contributed by atoms with van der Waals surface area (Å²) in [6, 6.07) is 17.7. The first-order chi connectivity index (χ1) is 16.5. The number of hydrogen-bond donors (Lipinski definition) is 1. The summed E-state index contributed by atoms with van der Waals surface area (Å²) in [6.07, 6.45) is -1.66. The molecule has 7 heteroatoms. The van der Waals surface area contributed by atoms with Gasteiger partial charge in [0, 0.05) is 12.2 Å². The van der Waals surface area contributed by atoms with E-state index >= 15 is 0 Å². The number of anilines is 1. The number of ether oxygens (including phenoxy) is 2. The van der Waals surface area contributed by atoms with Gasteiger partial charge in [-0.3, -0.25) is 9.59 Å². The van der Waals surface area contributed by atoms with Crippen LogP contribution in [-0.4, -0.2) is 33.8 Å². The maximum absolute atomic E-state index is 12.9. The van der Waals surface area contributed by atoms with E-state index in [9.17, 15) is 14.4 Å². The zero-order valence-corrected chi connectivity index (χ0v) is 20.0. The molecule has 178 valence electrons. The number of nitrogen functional groups attached to an aromatic ring is 1. The van der Waals surface area contributed by atoms with Crippen molar-refractivity contribution in [2.45, 2.75) is 45.9 Å². The van der Waals surface area contributed by atoms with Crippen molar-refractivity contribution in [3.05, 3.63) is 71.4 Å². The summed E-state index contributed by atoms with van der Waals surface area (Å²) < 4.78 is 13.2. The van der Waals surface area contributed by atoms with Crippen LogP contribution >= 0.6 is 0 Å². The number of hydrogen-bond acceptors (Lipinski definition) is 6. The molecule has 1 unspecified atom stereocenters. The smallest absolute Gasteiger partial charge is 0.356 e. The van der Waals surface area contributed by atoms with Gasteiger partial charge in [0.15, 0.2) is 0 Å². The van der Waals surface area contributed by atoms with Gasteiger partial charge < -0.3 is 19.8 Å². The third-order valence-electron chi connectivity index (χ3n) is 6.21. The molecule has 0 saturated carbocycles. The zero-order valence-electron chi connectivity index (χ0n) is 20.0. The summed E-state index contributed by atoms with van der Waals surface area (Å²) in [7, 11) is 0. The fraction of sp³-hybridized carbons (Fsp3) is 0.250. The van der Waals surface area contributed by atoms with E-state index in [2.05, 4.69) is 30.3 Å². The lowest BCUT2D eigenvalue weighted by atomic mass is 9.97. The maximum atomic E-state index is 12.9. The lowest BCUT2D eigenvalue weighted by Crippen LogP contribution is -2.46. The lowest BCUT2D eigenvalue weighted by Gasteiger charge is -2.27. The Morgan fingerprint density at radius 2 is 1.77 bits per heavy atom. The van der Waals surface area contributed by atoms with Crippen LogP contribution in [0.15, 0.2) is 54.6 Å². The molecule has 1 aliphatic heterocycles. The Morgan fingerprint density at radius 1 is 1.06 bits per heavy atom. The van der Waals surface area contributed by atoms with E-state index in [-0.39, 0.29) is 11.3 Å².